The maximum Gasteiger partial charge on any atom is 0.267 e. The average Bonchev–Trinajstić information content (AvgIpc) is 2.98. The van der Waals surface area contributed by atoms with Crippen molar-refractivity contribution in [2.24, 2.45) is 0 Å². The molecule has 0 unspecified atom stereocenters. The number of carbonyl (C=O) groups is 2. The molecule has 2 heterocycles. The molecule has 1 aromatic carbocycles. The predicted octanol–water partition coefficient (Wildman–Crippen LogP) is 1.92. The lowest BCUT2D eigenvalue weighted by atomic mass is 10.2. The van der Waals surface area contributed by atoms with Crippen molar-refractivity contribution in [1.82, 2.24) is 15.2 Å². The Morgan fingerprint density at radius 2 is 1.96 bits per heavy atom. The molecule has 6 nitrogen and oxygen atoms in total. The van der Waals surface area contributed by atoms with E-state index in [2.05, 4.69) is 10.3 Å². The zero-order chi connectivity index (χ0) is 17.1. The van der Waals surface area contributed by atoms with Crippen molar-refractivity contribution < 1.29 is 14.3 Å². The van der Waals surface area contributed by atoms with Gasteiger partial charge in [-0.3, -0.25) is 9.59 Å². The zero-order valence-corrected chi connectivity index (χ0v) is 14.0. The van der Waals surface area contributed by atoms with Gasteiger partial charge in [-0.1, -0.05) is 18.2 Å². The van der Waals surface area contributed by atoms with E-state index in [4.69, 9.17) is 4.74 Å². The number of rotatable bonds is 4. The Bertz CT molecular complexity index is 697. The maximum absolute atomic E-state index is 12.3. The van der Waals surface area contributed by atoms with Gasteiger partial charge in [0.05, 0.1) is 12.2 Å². The minimum absolute atomic E-state index is 0.0500. The Morgan fingerprint density at radius 3 is 2.67 bits per heavy atom. The lowest BCUT2D eigenvalue weighted by molar-refractivity contribution is -0.143. The molecule has 3 rings (SSSR count). The summed E-state index contributed by atoms with van der Waals surface area (Å²) in [7, 11) is 0. The van der Waals surface area contributed by atoms with E-state index in [1.54, 1.807) is 0 Å². The SMILES string of the molecule is C[C@@H]1CN(C(=O)CCNC(=O)c2cc3ccccc3[nH]2)C[C@@H](C)O1. The van der Waals surface area contributed by atoms with Crippen LogP contribution in [-0.4, -0.2) is 53.5 Å². The number of ether oxygens (including phenoxy) is 1. The van der Waals surface area contributed by atoms with E-state index < -0.39 is 0 Å². The summed E-state index contributed by atoms with van der Waals surface area (Å²) < 4.78 is 5.63. The minimum Gasteiger partial charge on any atom is -0.372 e. The van der Waals surface area contributed by atoms with Gasteiger partial charge in [0.15, 0.2) is 0 Å². The quantitative estimate of drug-likeness (QED) is 0.900. The van der Waals surface area contributed by atoms with Crippen molar-refractivity contribution in [3.05, 3.63) is 36.0 Å². The molecule has 0 aliphatic carbocycles. The smallest absolute Gasteiger partial charge is 0.267 e. The van der Waals surface area contributed by atoms with Gasteiger partial charge in [-0.15, -0.1) is 0 Å². The summed E-state index contributed by atoms with van der Waals surface area (Å²) in [5.41, 5.74) is 1.44. The molecule has 2 N–H and O–H groups in total. The number of benzene rings is 1. The molecular weight excluding hydrogens is 306 g/mol. The number of aromatic amines is 1. The minimum atomic E-state index is -0.192. The van der Waals surface area contributed by atoms with E-state index in [-0.39, 0.29) is 24.0 Å². The van der Waals surface area contributed by atoms with Crippen LogP contribution in [0.25, 0.3) is 10.9 Å². The van der Waals surface area contributed by atoms with Crippen LogP contribution >= 0.6 is 0 Å². The normalized spacial score (nSPS) is 21.0. The van der Waals surface area contributed by atoms with Crippen LogP contribution in [0, 0.1) is 0 Å². The highest BCUT2D eigenvalue weighted by Gasteiger charge is 2.25. The van der Waals surface area contributed by atoms with Crippen molar-refractivity contribution in [1.29, 1.82) is 0 Å². The van der Waals surface area contributed by atoms with Crippen molar-refractivity contribution >= 4 is 22.7 Å². The molecule has 0 radical (unpaired) electrons. The van der Waals surface area contributed by atoms with Gasteiger partial charge in [0, 0.05) is 37.0 Å². The second-order valence-corrected chi connectivity index (χ2v) is 6.33. The number of para-hydroxylation sites is 1. The summed E-state index contributed by atoms with van der Waals surface area (Å²) in [4.78, 5) is 29.3. The first-order chi connectivity index (χ1) is 11.5. The number of hydrogen-bond donors (Lipinski definition) is 2. The first-order valence-corrected chi connectivity index (χ1v) is 8.32. The first kappa shape index (κ1) is 16.5. The fourth-order valence-electron chi connectivity index (χ4n) is 3.11. The van der Waals surface area contributed by atoms with E-state index in [1.807, 2.05) is 49.1 Å². The number of H-pyrrole nitrogens is 1. The van der Waals surface area contributed by atoms with Gasteiger partial charge in [-0.05, 0) is 26.0 Å². The predicted molar refractivity (Wildman–Crippen MR) is 91.8 cm³/mol. The molecule has 1 saturated heterocycles. The highest BCUT2D eigenvalue weighted by atomic mass is 16.5. The van der Waals surface area contributed by atoms with Crippen molar-refractivity contribution in [2.45, 2.75) is 32.5 Å². The summed E-state index contributed by atoms with van der Waals surface area (Å²) in [6, 6.07) is 9.55. The lowest BCUT2D eigenvalue weighted by Crippen LogP contribution is -2.48. The standard InChI is InChI=1S/C18H23N3O3/c1-12-10-21(11-13(2)24-12)17(22)7-8-19-18(23)16-9-14-5-3-4-6-15(14)20-16/h3-6,9,12-13,20H,7-8,10-11H2,1-2H3,(H,19,23)/t12-,13-/m1/s1. The highest BCUT2D eigenvalue weighted by molar-refractivity contribution is 5.98. The number of amides is 2. The molecule has 0 bridgehead atoms. The Kier molecular flexibility index (Phi) is 4.85. The third-order valence-corrected chi connectivity index (χ3v) is 4.17. The van der Waals surface area contributed by atoms with Crippen molar-refractivity contribution in [3.63, 3.8) is 0 Å². The fourth-order valence-corrected chi connectivity index (χ4v) is 3.11. The second-order valence-electron chi connectivity index (χ2n) is 6.33. The van der Waals surface area contributed by atoms with Gasteiger partial charge in [0.2, 0.25) is 5.91 Å². The van der Waals surface area contributed by atoms with Gasteiger partial charge >= 0.3 is 0 Å². The third kappa shape index (κ3) is 3.76. The van der Waals surface area contributed by atoms with Crippen LogP contribution in [0.15, 0.2) is 30.3 Å². The lowest BCUT2D eigenvalue weighted by Gasteiger charge is -2.35. The van der Waals surface area contributed by atoms with E-state index in [0.717, 1.165) is 10.9 Å². The Morgan fingerprint density at radius 1 is 1.25 bits per heavy atom. The number of fused-ring (bicyclic) bond motifs is 1. The number of aromatic nitrogens is 1. The molecule has 1 aliphatic rings. The van der Waals surface area contributed by atoms with Gasteiger partial charge < -0.3 is 19.9 Å². The van der Waals surface area contributed by atoms with Gasteiger partial charge in [-0.2, -0.15) is 0 Å². The molecule has 24 heavy (non-hydrogen) atoms. The van der Waals surface area contributed by atoms with Crippen LogP contribution in [0.3, 0.4) is 0 Å². The number of nitrogens with one attached hydrogen (secondary N) is 2. The summed E-state index contributed by atoms with van der Waals surface area (Å²) in [6.45, 7) is 5.48. The monoisotopic (exact) mass is 329 g/mol. The molecule has 1 aliphatic heterocycles. The molecule has 1 aromatic heterocycles. The third-order valence-electron chi connectivity index (χ3n) is 4.17. The van der Waals surface area contributed by atoms with Crippen LogP contribution in [0.5, 0.6) is 0 Å². The molecule has 1 fully saturated rings. The number of carbonyl (C=O) groups excluding carboxylic acids is 2. The Labute approximate surface area is 141 Å². The van der Waals surface area contributed by atoms with Gasteiger partial charge in [0.1, 0.15) is 5.69 Å². The maximum atomic E-state index is 12.3. The Balaban J connectivity index is 1.50. The largest absolute Gasteiger partial charge is 0.372 e. The Hall–Kier alpha value is -2.34. The topological polar surface area (TPSA) is 74.4 Å². The van der Waals surface area contributed by atoms with Crippen LogP contribution < -0.4 is 5.32 Å². The van der Waals surface area contributed by atoms with E-state index >= 15 is 0 Å². The summed E-state index contributed by atoms with van der Waals surface area (Å²) in [5, 5.41) is 3.80. The molecule has 2 aromatic rings. The fraction of sp³-hybridized carbons (Fsp3) is 0.444. The second kappa shape index (κ2) is 7.05. The molecule has 2 atom stereocenters. The highest BCUT2D eigenvalue weighted by Crippen LogP contribution is 2.14. The number of hydrogen-bond acceptors (Lipinski definition) is 3. The average molecular weight is 329 g/mol. The first-order valence-electron chi connectivity index (χ1n) is 8.32. The van der Waals surface area contributed by atoms with Gasteiger partial charge in [-0.25, -0.2) is 0 Å². The summed E-state index contributed by atoms with van der Waals surface area (Å²) >= 11 is 0. The molecule has 128 valence electrons. The molecular formula is C18H23N3O3. The number of morpholine rings is 1. The molecule has 0 spiro atoms. The summed E-state index contributed by atoms with van der Waals surface area (Å²) in [6.07, 6.45) is 0.406. The van der Waals surface area contributed by atoms with Crippen molar-refractivity contribution in [2.75, 3.05) is 19.6 Å². The summed E-state index contributed by atoms with van der Waals surface area (Å²) in [5.74, 6) is -0.142. The molecule has 0 saturated carbocycles. The van der Waals surface area contributed by atoms with E-state index in [0.29, 0.717) is 31.7 Å². The van der Waals surface area contributed by atoms with Crippen LogP contribution in [0.2, 0.25) is 0 Å². The zero-order valence-electron chi connectivity index (χ0n) is 14.0. The molecule has 2 amide bonds. The van der Waals surface area contributed by atoms with Gasteiger partial charge in [0.25, 0.3) is 5.91 Å². The molecule has 6 heteroatoms. The van der Waals surface area contributed by atoms with E-state index in [1.165, 1.54) is 0 Å². The van der Waals surface area contributed by atoms with Crippen LogP contribution in [0.4, 0.5) is 0 Å². The van der Waals surface area contributed by atoms with Crippen molar-refractivity contribution in [3.8, 4) is 0 Å². The number of nitrogens with zero attached hydrogens (tertiary/aromatic N) is 1. The van der Waals surface area contributed by atoms with E-state index in [9.17, 15) is 9.59 Å². The van der Waals surface area contributed by atoms with Crippen LogP contribution in [-0.2, 0) is 9.53 Å². The van der Waals surface area contributed by atoms with Crippen LogP contribution in [0.1, 0.15) is 30.8 Å².